The van der Waals surface area contributed by atoms with Crippen LogP contribution in [0.25, 0.3) is 11.1 Å². The van der Waals surface area contributed by atoms with Crippen molar-refractivity contribution in [1.29, 1.82) is 0 Å². The Kier molecular flexibility index (Phi) is 5.09. The normalized spacial score (nSPS) is 22.5. The first-order valence-electron chi connectivity index (χ1n) is 10.8. The van der Waals surface area contributed by atoms with Crippen molar-refractivity contribution < 1.29 is 29.0 Å². The summed E-state index contributed by atoms with van der Waals surface area (Å²) in [7, 11) is 0. The Hall–Kier alpha value is -3.39. The Labute approximate surface area is 184 Å². The van der Waals surface area contributed by atoms with Gasteiger partial charge in [0.15, 0.2) is 6.10 Å². The molecule has 2 aromatic rings. The summed E-state index contributed by atoms with van der Waals surface area (Å²) >= 11 is 0. The van der Waals surface area contributed by atoms with Gasteiger partial charge in [-0.1, -0.05) is 48.5 Å². The molecule has 1 saturated heterocycles. The Balaban J connectivity index is 1.21. The minimum Gasteiger partial charge on any atom is -0.479 e. The van der Waals surface area contributed by atoms with Gasteiger partial charge in [0.1, 0.15) is 12.1 Å². The van der Waals surface area contributed by atoms with Crippen molar-refractivity contribution in [2.75, 3.05) is 13.2 Å². The molecule has 0 radical (unpaired) electrons. The largest absolute Gasteiger partial charge is 0.479 e. The number of carbonyl (C=O) groups is 3. The lowest BCUT2D eigenvalue weighted by molar-refractivity contribution is -0.148. The van der Waals surface area contributed by atoms with Crippen molar-refractivity contribution >= 4 is 18.0 Å². The molecule has 166 valence electrons. The van der Waals surface area contributed by atoms with E-state index in [0.717, 1.165) is 22.3 Å². The molecule has 1 saturated carbocycles. The second kappa shape index (κ2) is 7.94. The van der Waals surface area contributed by atoms with E-state index in [1.807, 2.05) is 36.4 Å². The van der Waals surface area contributed by atoms with Crippen LogP contribution in [-0.4, -0.2) is 54.0 Å². The molecule has 2 aromatic carbocycles. The van der Waals surface area contributed by atoms with Gasteiger partial charge in [0, 0.05) is 12.5 Å². The third kappa shape index (κ3) is 3.60. The second-order valence-corrected chi connectivity index (χ2v) is 8.53. The molecular formula is C24H24N2O6. The predicted molar refractivity (Wildman–Crippen MR) is 114 cm³/mol. The zero-order chi connectivity index (χ0) is 22.3. The molecule has 2 aliphatic carbocycles. The number of carboxylic acid groups (broad SMARTS) is 1. The number of carboxylic acids is 1. The molecular weight excluding hydrogens is 412 g/mol. The summed E-state index contributed by atoms with van der Waals surface area (Å²) in [5.41, 5.74) is 3.46. The molecule has 5 rings (SSSR count). The van der Waals surface area contributed by atoms with Gasteiger partial charge in [0.25, 0.3) is 0 Å². The van der Waals surface area contributed by atoms with E-state index in [4.69, 9.17) is 9.47 Å². The maximum Gasteiger partial charge on any atom is 0.408 e. The Morgan fingerprint density at radius 1 is 1.03 bits per heavy atom. The molecule has 2 fully saturated rings. The van der Waals surface area contributed by atoms with Crippen molar-refractivity contribution in [3.05, 3.63) is 59.7 Å². The number of carbonyl (C=O) groups excluding carboxylic acids is 2. The number of rotatable bonds is 6. The number of amides is 2. The molecule has 2 atom stereocenters. The van der Waals surface area contributed by atoms with E-state index in [2.05, 4.69) is 22.8 Å². The predicted octanol–water partition coefficient (Wildman–Crippen LogP) is 2.42. The molecule has 8 heteroatoms. The Morgan fingerprint density at radius 3 is 2.25 bits per heavy atom. The van der Waals surface area contributed by atoms with Gasteiger partial charge >= 0.3 is 12.1 Å². The number of aliphatic carboxylic acids is 1. The summed E-state index contributed by atoms with van der Waals surface area (Å²) < 4.78 is 10.7. The van der Waals surface area contributed by atoms with Gasteiger partial charge in [-0.3, -0.25) is 4.79 Å². The number of ether oxygens (including phenoxy) is 2. The van der Waals surface area contributed by atoms with Crippen LogP contribution in [0.2, 0.25) is 0 Å². The molecule has 8 nitrogen and oxygen atoms in total. The van der Waals surface area contributed by atoms with Crippen LogP contribution in [0.1, 0.15) is 36.3 Å². The Morgan fingerprint density at radius 2 is 1.66 bits per heavy atom. The van der Waals surface area contributed by atoms with Crippen LogP contribution >= 0.6 is 0 Å². The fraction of sp³-hybridized carbons (Fsp3) is 0.375. The van der Waals surface area contributed by atoms with E-state index >= 15 is 0 Å². The molecule has 0 aromatic heterocycles. The first-order valence-corrected chi connectivity index (χ1v) is 10.8. The van der Waals surface area contributed by atoms with E-state index in [1.165, 1.54) is 0 Å². The Bertz CT molecular complexity index is 1030. The van der Waals surface area contributed by atoms with Gasteiger partial charge in [0.2, 0.25) is 5.91 Å². The zero-order valence-electron chi connectivity index (χ0n) is 17.4. The lowest BCUT2D eigenvalue weighted by Gasteiger charge is -2.22. The molecule has 0 bridgehead atoms. The van der Waals surface area contributed by atoms with Gasteiger partial charge in [-0.25, -0.2) is 9.59 Å². The molecule has 3 N–H and O–H groups in total. The molecule has 1 heterocycles. The maximum absolute atomic E-state index is 12.7. The van der Waals surface area contributed by atoms with Crippen molar-refractivity contribution in [3.63, 3.8) is 0 Å². The lowest BCUT2D eigenvalue weighted by atomic mass is 9.98. The maximum atomic E-state index is 12.7. The first-order chi connectivity index (χ1) is 15.5. The third-order valence-electron chi connectivity index (χ3n) is 6.52. The summed E-state index contributed by atoms with van der Waals surface area (Å²) in [5.74, 6) is -1.57. The molecule has 3 aliphatic rings. The van der Waals surface area contributed by atoms with Gasteiger partial charge < -0.3 is 25.2 Å². The van der Waals surface area contributed by atoms with E-state index in [9.17, 15) is 19.5 Å². The van der Waals surface area contributed by atoms with Gasteiger partial charge in [-0.05, 0) is 41.5 Å². The first kappa shape index (κ1) is 20.5. The van der Waals surface area contributed by atoms with Crippen molar-refractivity contribution in [2.24, 2.45) is 0 Å². The standard InChI is InChI=1S/C24H24N2O6/c27-21(28)20-19(9-12-31-20)25-22(29)24(10-11-24)26-23(30)32-13-18-16-7-3-1-5-14(16)15-6-2-4-8-17(15)18/h1-8,18-20H,9-13H2,(H,25,29)(H,26,30)(H,27,28)/t19-,20+/m0/s1. The topological polar surface area (TPSA) is 114 Å². The van der Waals surface area contributed by atoms with Crippen LogP contribution in [0.5, 0.6) is 0 Å². The second-order valence-electron chi connectivity index (χ2n) is 8.53. The smallest absolute Gasteiger partial charge is 0.408 e. The van der Waals surface area contributed by atoms with Gasteiger partial charge in [0.05, 0.1) is 6.04 Å². The highest BCUT2D eigenvalue weighted by molar-refractivity contribution is 5.93. The molecule has 32 heavy (non-hydrogen) atoms. The van der Waals surface area contributed by atoms with Crippen LogP contribution in [0.3, 0.4) is 0 Å². The van der Waals surface area contributed by atoms with Crippen molar-refractivity contribution in [2.45, 2.75) is 42.9 Å². The van der Waals surface area contributed by atoms with E-state index in [-0.39, 0.29) is 19.1 Å². The monoisotopic (exact) mass is 436 g/mol. The van der Waals surface area contributed by atoms with Crippen LogP contribution in [0, 0.1) is 0 Å². The minimum absolute atomic E-state index is 0.0657. The molecule has 0 unspecified atom stereocenters. The number of alkyl carbamates (subject to hydrolysis) is 1. The van der Waals surface area contributed by atoms with Gasteiger partial charge in [-0.2, -0.15) is 0 Å². The quantitative estimate of drug-likeness (QED) is 0.641. The fourth-order valence-electron chi connectivity index (χ4n) is 4.65. The molecule has 0 spiro atoms. The molecule has 2 amide bonds. The summed E-state index contributed by atoms with van der Waals surface area (Å²) in [5, 5.41) is 14.6. The average Bonchev–Trinajstić information content (AvgIpc) is 3.29. The highest BCUT2D eigenvalue weighted by Gasteiger charge is 2.53. The van der Waals surface area contributed by atoms with Crippen LogP contribution < -0.4 is 10.6 Å². The fourth-order valence-corrected chi connectivity index (χ4v) is 4.65. The summed E-state index contributed by atoms with van der Waals surface area (Å²) in [6, 6.07) is 15.5. The SMILES string of the molecule is O=C(NC1(C(=O)N[C@H]2CCO[C@H]2C(=O)O)CC1)OCC1c2ccccc2-c2ccccc21. The number of hydrogen-bond donors (Lipinski definition) is 3. The van der Waals surface area contributed by atoms with E-state index in [0.29, 0.717) is 19.3 Å². The van der Waals surface area contributed by atoms with Gasteiger partial charge in [-0.15, -0.1) is 0 Å². The van der Waals surface area contributed by atoms with Crippen LogP contribution in [-0.2, 0) is 19.1 Å². The number of fused-ring (bicyclic) bond motifs is 3. The minimum atomic E-state index is -1.11. The highest BCUT2D eigenvalue weighted by atomic mass is 16.5. The van der Waals surface area contributed by atoms with Crippen LogP contribution in [0.4, 0.5) is 4.79 Å². The number of nitrogens with one attached hydrogen (secondary N) is 2. The molecule has 1 aliphatic heterocycles. The zero-order valence-corrected chi connectivity index (χ0v) is 17.4. The van der Waals surface area contributed by atoms with Crippen molar-refractivity contribution in [3.8, 4) is 11.1 Å². The summed E-state index contributed by atoms with van der Waals surface area (Å²) in [6.45, 7) is 0.434. The lowest BCUT2D eigenvalue weighted by Crippen LogP contribution is -2.54. The van der Waals surface area contributed by atoms with Crippen LogP contribution in [0.15, 0.2) is 48.5 Å². The van der Waals surface area contributed by atoms with E-state index in [1.54, 1.807) is 0 Å². The summed E-state index contributed by atoms with van der Waals surface area (Å²) in [4.78, 5) is 36.6. The highest BCUT2D eigenvalue weighted by Crippen LogP contribution is 2.44. The summed E-state index contributed by atoms with van der Waals surface area (Å²) in [6.07, 6.45) is -0.340. The average molecular weight is 436 g/mol. The van der Waals surface area contributed by atoms with Crippen molar-refractivity contribution in [1.82, 2.24) is 10.6 Å². The third-order valence-corrected chi connectivity index (χ3v) is 6.52. The number of hydrogen-bond acceptors (Lipinski definition) is 5. The number of benzene rings is 2. The van der Waals surface area contributed by atoms with E-state index < -0.39 is 35.7 Å².